The Morgan fingerprint density at radius 1 is 1.25 bits per heavy atom. The van der Waals surface area contributed by atoms with Crippen LogP contribution in [0.1, 0.15) is 25.7 Å². The zero-order chi connectivity index (χ0) is 14.0. The molecular formula is C14H17N5O. The number of carbonyl (C=O) groups is 1. The van der Waals surface area contributed by atoms with Crippen LogP contribution in [0.4, 0.5) is 5.69 Å². The molecule has 2 aromatic rings. The van der Waals surface area contributed by atoms with Crippen LogP contribution in [0.5, 0.6) is 0 Å². The number of nitrogens with zero attached hydrogens (tertiary/aromatic N) is 2. The van der Waals surface area contributed by atoms with Gasteiger partial charge < -0.3 is 11.1 Å². The average Bonchev–Trinajstić information content (AvgIpc) is 3.11. The van der Waals surface area contributed by atoms with Gasteiger partial charge in [0.15, 0.2) is 5.82 Å². The molecule has 1 amide bonds. The Bertz CT molecular complexity index is 585. The highest BCUT2D eigenvalue weighted by molar-refractivity contribution is 5.98. The molecular weight excluding hydrogens is 254 g/mol. The van der Waals surface area contributed by atoms with E-state index in [1.165, 1.54) is 6.33 Å². The second kappa shape index (κ2) is 5.05. The van der Waals surface area contributed by atoms with Crippen LogP contribution in [-0.4, -0.2) is 26.6 Å². The third-order valence-corrected chi connectivity index (χ3v) is 3.78. The molecule has 0 spiro atoms. The van der Waals surface area contributed by atoms with E-state index in [9.17, 15) is 4.79 Å². The van der Waals surface area contributed by atoms with Gasteiger partial charge in [-0.25, -0.2) is 4.98 Å². The lowest BCUT2D eigenvalue weighted by molar-refractivity contribution is -0.121. The first-order chi connectivity index (χ1) is 9.67. The lowest BCUT2D eigenvalue weighted by atomic mass is 9.98. The van der Waals surface area contributed by atoms with Gasteiger partial charge in [-0.15, -0.1) is 0 Å². The molecule has 0 saturated heterocycles. The molecule has 4 N–H and O–H groups in total. The SMILES string of the molecule is NC1(C(=O)Nc2ccc(-c3ncn[nH]3)cc2)CCCC1. The van der Waals surface area contributed by atoms with Crippen LogP contribution < -0.4 is 11.1 Å². The van der Waals surface area contributed by atoms with Crippen molar-refractivity contribution in [3.05, 3.63) is 30.6 Å². The first-order valence-corrected chi connectivity index (χ1v) is 6.73. The van der Waals surface area contributed by atoms with Crippen LogP contribution in [0.25, 0.3) is 11.4 Å². The smallest absolute Gasteiger partial charge is 0.244 e. The standard InChI is InChI=1S/C14H17N5O/c15-14(7-1-2-8-14)13(20)18-11-5-3-10(4-6-11)12-16-9-17-19-12/h3-6,9H,1-2,7-8,15H2,(H,18,20)(H,16,17,19). The van der Waals surface area contributed by atoms with Gasteiger partial charge >= 0.3 is 0 Å². The van der Waals surface area contributed by atoms with Crippen LogP contribution in [0.3, 0.4) is 0 Å². The monoisotopic (exact) mass is 271 g/mol. The Balaban J connectivity index is 1.71. The van der Waals surface area contributed by atoms with Crippen molar-refractivity contribution >= 4 is 11.6 Å². The third kappa shape index (κ3) is 2.42. The van der Waals surface area contributed by atoms with Gasteiger partial charge in [0.1, 0.15) is 6.33 Å². The molecule has 0 radical (unpaired) electrons. The maximum Gasteiger partial charge on any atom is 0.244 e. The van der Waals surface area contributed by atoms with Gasteiger partial charge in [-0.1, -0.05) is 12.8 Å². The summed E-state index contributed by atoms with van der Waals surface area (Å²) in [6, 6.07) is 7.45. The summed E-state index contributed by atoms with van der Waals surface area (Å²) in [6.45, 7) is 0. The molecule has 0 atom stereocenters. The van der Waals surface area contributed by atoms with E-state index in [1.807, 2.05) is 24.3 Å². The van der Waals surface area contributed by atoms with Crippen molar-refractivity contribution in [1.82, 2.24) is 15.2 Å². The molecule has 1 aromatic heterocycles. The predicted octanol–water partition coefficient (Wildman–Crippen LogP) is 1.68. The largest absolute Gasteiger partial charge is 0.324 e. The number of aromatic amines is 1. The molecule has 1 aromatic carbocycles. The number of amides is 1. The number of H-pyrrole nitrogens is 1. The molecule has 104 valence electrons. The van der Waals surface area contributed by atoms with E-state index in [0.29, 0.717) is 5.82 Å². The van der Waals surface area contributed by atoms with Gasteiger partial charge in [-0.05, 0) is 37.1 Å². The zero-order valence-electron chi connectivity index (χ0n) is 11.1. The summed E-state index contributed by atoms with van der Waals surface area (Å²) in [5.74, 6) is 0.608. The molecule has 0 bridgehead atoms. The van der Waals surface area contributed by atoms with Gasteiger partial charge in [0.2, 0.25) is 5.91 Å². The van der Waals surface area contributed by atoms with Gasteiger partial charge in [0.25, 0.3) is 0 Å². The summed E-state index contributed by atoms with van der Waals surface area (Å²) < 4.78 is 0. The van der Waals surface area contributed by atoms with E-state index < -0.39 is 5.54 Å². The summed E-state index contributed by atoms with van der Waals surface area (Å²) in [7, 11) is 0. The maximum atomic E-state index is 12.2. The molecule has 1 aliphatic carbocycles. The van der Waals surface area contributed by atoms with Crippen LogP contribution in [0.15, 0.2) is 30.6 Å². The number of carbonyl (C=O) groups excluding carboxylic acids is 1. The van der Waals surface area contributed by atoms with E-state index in [4.69, 9.17) is 5.73 Å². The third-order valence-electron chi connectivity index (χ3n) is 3.78. The fraction of sp³-hybridized carbons (Fsp3) is 0.357. The number of benzene rings is 1. The summed E-state index contributed by atoms with van der Waals surface area (Å²) in [5, 5.41) is 9.49. The molecule has 1 aliphatic rings. The molecule has 0 unspecified atom stereocenters. The molecule has 1 fully saturated rings. The van der Waals surface area contributed by atoms with Gasteiger partial charge in [0.05, 0.1) is 5.54 Å². The normalized spacial score (nSPS) is 17.1. The summed E-state index contributed by atoms with van der Waals surface area (Å²) in [6.07, 6.45) is 5.02. The molecule has 3 rings (SSSR count). The van der Waals surface area contributed by atoms with Gasteiger partial charge in [0, 0.05) is 11.3 Å². The van der Waals surface area contributed by atoms with Crippen LogP contribution in [0.2, 0.25) is 0 Å². The van der Waals surface area contributed by atoms with E-state index in [0.717, 1.165) is 36.9 Å². The van der Waals surface area contributed by atoms with Crippen LogP contribution in [-0.2, 0) is 4.79 Å². The number of aromatic nitrogens is 3. The Labute approximate surface area is 116 Å². The molecule has 1 saturated carbocycles. The summed E-state index contributed by atoms with van der Waals surface area (Å²) >= 11 is 0. The number of anilines is 1. The Morgan fingerprint density at radius 2 is 1.95 bits per heavy atom. The number of hydrogen-bond donors (Lipinski definition) is 3. The summed E-state index contributed by atoms with van der Waals surface area (Å²) in [4.78, 5) is 16.3. The second-order valence-corrected chi connectivity index (χ2v) is 5.23. The van der Waals surface area contributed by atoms with Crippen molar-refractivity contribution in [2.75, 3.05) is 5.32 Å². The quantitative estimate of drug-likeness (QED) is 0.791. The van der Waals surface area contributed by atoms with Gasteiger partial charge in [-0.3, -0.25) is 9.89 Å². The van der Waals surface area contributed by atoms with E-state index in [1.54, 1.807) is 0 Å². The molecule has 20 heavy (non-hydrogen) atoms. The van der Waals surface area contributed by atoms with Crippen molar-refractivity contribution in [2.24, 2.45) is 5.73 Å². The predicted molar refractivity (Wildman–Crippen MR) is 75.8 cm³/mol. The van der Waals surface area contributed by atoms with Crippen molar-refractivity contribution in [3.8, 4) is 11.4 Å². The van der Waals surface area contributed by atoms with E-state index in [-0.39, 0.29) is 5.91 Å². The molecule has 6 nitrogen and oxygen atoms in total. The maximum absolute atomic E-state index is 12.2. The van der Waals surface area contributed by atoms with Crippen molar-refractivity contribution in [2.45, 2.75) is 31.2 Å². The molecule has 0 aliphatic heterocycles. The van der Waals surface area contributed by atoms with Crippen molar-refractivity contribution in [1.29, 1.82) is 0 Å². The number of rotatable bonds is 3. The Hall–Kier alpha value is -2.21. The highest BCUT2D eigenvalue weighted by Crippen LogP contribution is 2.28. The van der Waals surface area contributed by atoms with Gasteiger partial charge in [-0.2, -0.15) is 5.10 Å². The van der Waals surface area contributed by atoms with E-state index >= 15 is 0 Å². The highest BCUT2D eigenvalue weighted by atomic mass is 16.2. The van der Waals surface area contributed by atoms with Crippen LogP contribution in [0, 0.1) is 0 Å². The van der Waals surface area contributed by atoms with Crippen molar-refractivity contribution in [3.63, 3.8) is 0 Å². The Morgan fingerprint density at radius 3 is 2.55 bits per heavy atom. The first-order valence-electron chi connectivity index (χ1n) is 6.73. The van der Waals surface area contributed by atoms with Crippen LogP contribution >= 0.6 is 0 Å². The lowest BCUT2D eigenvalue weighted by Gasteiger charge is -2.22. The molecule has 6 heteroatoms. The number of nitrogens with one attached hydrogen (secondary N) is 2. The lowest BCUT2D eigenvalue weighted by Crippen LogP contribution is -2.48. The molecule has 1 heterocycles. The Kier molecular flexibility index (Phi) is 3.23. The summed E-state index contributed by atoms with van der Waals surface area (Å²) in [5.41, 5.74) is 7.08. The fourth-order valence-corrected chi connectivity index (χ4v) is 2.54. The van der Waals surface area contributed by atoms with E-state index in [2.05, 4.69) is 20.5 Å². The number of hydrogen-bond acceptors (Lipinski definition) is 4. The van der Waals surface area contributed by atoms with Crippen molar-refractivity contribution < 1.29 is 4.79 Å². The second-order valence-electron chi connectivity index (χ2n) is 5.23. The topological polar surface area (TPSA) is 96.7 Å². The fourth-order valence-electron chi connectivity index (χ4n) is 2.54. The highest BCUT2D eigenvalue weighted by Gasteiger charge is 2.36. The minimum absolute atomic E-state index is 0.0950. The first kappa shape index (κ1) is 12.8. The minimum Gasteiger partial charge on any atom is -0.324 e. The zero-order valence-corrected chi connectivity index (χ0v) is 11.1. The average molecular weight is 271 g/mol. The number of nitrogens with two attached hydrogens (primary N) is 1. The minimum atomic E-state index is -0.705.